The zero-order valence-electron chi connectivity index (χ0n) is 15.4. The van der Waals surface area contributed by atoms with Gasteiger partial charge in [-0.2, -0.15) is 0 Å². The van der Waals surface area contributed by atoms with Crippen LogP contribution >= 0.6 is 11.6 Å². The van der Waals surface area contributed by atoms with E-state index in [-0.39, 0.29) is 22.2 Å². The van der Waals surface area contributed by atoms with Crippen LogP contribution in [-0.2, 0) is 0 Å². The number of rotatable bonds is 6. The van der Waals surface area contributed by atoms with Crippen LogP contribution < -0.4 is 4.74 Å². The molecule has 0 aliphatic carbocycles. The number of hydrogen-bond donors (Lipinski definition) is 0. The second kappa shape index (κ2) is 8.23. The maximum absolute atomic E-state index is 13.2. The van der Waals surface area contributed by atoms with Gasteiger partial charge in [0, 0.05) is 23.3 Å². The van der Waals surface area contributed by atoms with E-state index >= 15 is 0 Å². The second-order valence-electron chi connectivity index (χ2n) is 6.51. The summed E-state index contributed by atoms with van der Waals surface area (Å²) in [5.41, 5.74) is 3.13. The number of ether oxygens (including phenoxy) is 1. The Morgan fingerprint density at radius 3 is 2.07 bits per heavy atom. The number of ketones is 1. The number of benzene rings is 3. The topological polar surface area (TPSA) is 69.4 Å². The number of carbonyl (C=O) groups excluding carboxylic acids is 1. The summed E-state index contributed by atoms with van der Waals surface area (Å²) in [6.07, 6.45) is -0.928. The van der Waals surface area contributed by atoms with E-state index in [2.05, 4.69) is 0 Å². The Balaban J connectivity index is 1.99. The average molecular weight is 396 g/mol. The minimum Gasteiger partial charge on any atom is -0.476 e. The van der Waals surface area contributed by atoms with E-state index in [1.165, 1.54) is 18.2 Å². The first-order valence-electron chi connectivity index (χ1n) is 8.63. The number of hydrogen-bond acceptors (Lipinski definition) is 4. The van der Waals surface area contributed by atoms with Crippen LogP contribution in [-0.4, -0.2) is 10.7 Å². The lowest BCUT2D eigenvalue weighted by Crippen LogP contribution is -2.19. The molecule has 0 unspecified atom stereocenters. The van der Waals surface area contributed by atoms with E-state index in [1.54, 1.807) is 12.1 Å². The number of nitro benzene ring substituents is 1. The van der Waals surface area contributed by atoms with Gasteiger partial charge in [-0.15, -0.1) is 0 Å². The third-order valence-corrected chi connectivity index (χ3v) is 4.62. The second-order valence-corrected chi connectivity index (χ2v) is 6.92. The number of halogens is 1. The van der Waals surface area contributed by atoms with Gasteiger partial charge in [0.1, 0.15) is 5.75 Å². The van der Waals surface area contributed by atoms with Gasteiger partial charge < -0.3 is 4.74 Å². The Bertz CT molecular complexity index is 1010. The Hall–Kier alpha value is -3.18. The normalized spacial score (nSPS) is 11.7. The van der Waals surface area contributed by atoms with E-state index in [9.17, 15) is 14.9 Å². The van der Waals surface area contributed by atoms with E-state index in [0.717, 1.165) is 11.1 Å². The number of carbonyl (C=O) groups is 1. The molecule has 0 spiro atoms. The molecule has 142 valence electrons. The van der Waals surface area contributed by atoms with E-state index in [0.29, 0.717) is 11.1 Å². The van der Waals surface area contributed by atoms with Crippen molar-refractivity contribution in [3.8, 4) is 5.75 Å². The molecule has 0 aliphatic rings. The monoisotopic (exact) mass is 395 g/mol. The fourth-order valence-electron chi connectivity index (χ4n) is 2.71. The molecule has 0 saturated heterocycles. The van der Waals surface area contributed by atoms with Crippen molar-refractivity contribution >= 4 is 23.1 Å². The fourth-order valence-corrected chi connectivity index (χ4v) is 2.93. The Kier molecular flexibility index (Phi) is 5.76. The first-order valence-corrected chi connectivity index (χ1v) is 9.01. The largest absolute Gasteiger partial charge is 0.476 e. The SMILES string of the molecule is Cc1ccc(C(=O)[C@H](Oc2ccc([N+](=O)[O-])cc2Cl)c2ccc(C)cc2)cc1. The molecule has 28 heavy (non-hydrogen) atoms. The van der Waals surface area contributed by atoms with E-state index in [4.69, 9.17) is 16.3 Å². The fraction of sp³-hybridized carbons (Fsp3) is 0.136. The molecule has 0 amide bonds. The molecule has 6 heteroatoms. The molecule has 0 radical (unpaired) electrons. The molecule has 0 bridgehead atoms. The number of Topliss-reactive ketones (excluding diaryl/α,β-unsaturated/α-hetero) is 1. The molecule has 0 aromatic heterocycles. The van der Waals surface area contributed by atoms with Crippen LogP contribution in [0.2, 0.25) is 5.02 Å². The molecular weight excluding hydrogens is 378 g/mol. The van der Waals surface area contributed by atoms with Crippen molar-refractivity contribution in [2.24, 2.45) is 0 Å². The Morgan fingerprint density at radius 1 is 0.964 bits per heavy atom. The van der Waals surface area contributed by atoms with Crippen molar-refractivity contribution in [1.29, 1.82) is 0 Å². The molecule has 3 rings (SSSR count). The van der Waals surface area contributed by atoms with Gasteiger partial charge in [-0.1, -0.05) is 71.3 Å². The smallest absolute Gasteiger partial charge is 0.271 e. The lowest BCUT2D eigenvalue weighted by Gasteiger charge is -2.20. The van der Waals surface area contributed by atoms with Crippen LogP contribution in [0.5, 0.6) is 5.75 Å². The lowest BCUT2D eigenvalue weighted by atomic mass is 9.98. The van der Waals surface area contributed by atoms with E-state index in [1.807, 2.05) is 50.2 Å². The minimum absolute atomic E-state index is 0.0722. The third kappa shape index (κ3) is 4.38. The number of nitrogens with zero attached hydrogens (tertiary/aromatic N) is 1. The quantitative estimate of drug-likeness (QED) is 0.297. The maximum Gasteiger partial charge on any atom is 0.271 e. The summed E-state index contributed by atoms with van der Waals surface area (Å²) in [7, 11) is 0. The first-order chi connectivity index (χ1) is 13.3. The molecule has 0 N–H and O–H groups in total. The van der Waals surface area contributed by atoms with E-state index < -0.39 is 11.0 Å². The van der Waals surface area contributed by atoms with Gasteiger partial charge in [0.15, 0.2) is 6.10 Å². The van der Waals surface area contributed by atoms with Gasteiger partial charge in [-0.3, -0.25) is 14.9 Å². The number of nitro groups is 1. The molecule has 5 nitrogen and oxygen atoms in total. The third-order valence-electron chi connectivity index (χ3n) is 4.33. The highest BCUT2D eigenvalue weighted by molar-refractivity contribution is 6.32. The Morgan fingerprint density at radius 2 is 1.54 bits per heavy atom. The van der Waals surface area contributed by atoms with Crippen LogP contribution in [0.15, 0.2) is 66.7 Å². The zero-order chi connectivity index (χ0) is 20.3. The summed E-state index contributed by atoms with van der Waals surface area (Å²) in [5.74, 6) is -0.0171. The lowest BCUT2D eigenvalue weighted by molar-refractivity contribution is -0.384. The molecule has 1 atom stereocenters. The molecule has 0 fully saturated rings. The number of non-ortho nitro benzene ring substituents is 1. The average Bonchev–Trinajstić information content (AvgIpc) is 2.68. The van der Waals surface area contributed by atoms with Gasteiger partial charge in [0.2, 0.25) is 5.78 Å². The van der Waals surface area contributed by atoms with Crippen LogP contribution in [0.25, 0.3) is 0 Å². The zero-order valence-corrected chi connectivity index (χ0v) is 16.1. The van der Waals surface area contributed by atoms with Crippen molar-refractivity contribution in [1.82, 2.24) is 0 Å². The molecule has 0 heterocycles. The van der Waals surface area contributed by atoms with Crippen molar-refractivity contribution in [3.05, 3.63) is 104 Å². The molecule has 0 saturated carbocycles. The predicted molar refractivity (Wildman–Crippen MR) is 108 cm³/mol. The summed E-state index contributed by atoms with van der Waals surface area (Å²) >= 11 is 6.16. The Labute approximate surface area is 167 Å². The van der Waals surface area contributed by atoms with Crippen molar-refractivity contribution in [2.45, 2.75) is 20.0 Å². The summed E-state index contributed by atoms with van der Waals surface area (Å²) in [5, 5.41) is 11.0. The van der Waals surface area contributed by atoms with Crippen LogP contribution in [0, 0.1) is 24.0 Å². The van der Waals surface area contributed by atoms with Crippen LogP contribution in [0.1, 0.15) is 33.2 Å². The highest BCUT2D eigenvalue weighted by Crippen LogP contribution is 2.33. The summed E-state index contributed by atoms with van der Waals surface area (Å²) in [6, 6.07) is 18.6. The maximum atomic E-state index is 13.2. The van der Waals surface area contributed by atoms with Gasteiger partial charge in [-0.25, -0.2) is 0 Å². The van der Waals surface area contributed by atoms with Gasteiger partial charge in [0.05, 0.1) is 9.95 Å². The van der Waals surface area contributed by atoms with Gasteiger partial charge >= 0.3 is 0 Å². The van der Waals surface area contributed by atoms with Crippen LogP contribution in [0.4, 0.5) is 5.69 Å². The summed E-state index contributed by atoms with van der Waals surface area (Å²) < 4.78 is 5.95. The molecule has 3 aromatic carbocycles. The molecular formula is C22H18ClNO4. The van der Waals surface area contributed by atoms with Crippen molar-refractivity contribution in [2.75, 3.05) is 0 Å². The minimum atomic E-state index is -0.928. The predicted octanol–water partition coefficient (Wildman–Crippen LogP) is 5.87. The van der Waals surface area contributed by atoms with Crippen molar-refractivity contribution < 1.29 is 14.5 Å². The standard InChI is InChI=1S/C22H18ClNO4/c1-14-3-7-16(8-4-14)21(25)22(17-9-5-15(2)6-10-17)28-20-12-11-18(24(26)27)13-19(20)23/h3-13,22H,1-2H3/t22-/m1/s1. The summed E-state index contributed by atoms with van der Waals surface area (Å²) in [6.45, 7) is 3.90. The molecule has 0 aliphatic heterocycles. The first kappa shape index (κ1) is 19.6. The van der Waals surface area contributed by atoms with Gasteiger partial charge in [0.25, 0.3) is 5.69 Å². The highest BCUT2D eigenvalue weighted by Gasteiger charge is 2.25. The summed E-state index contributed by atoms with van der Waals surface area (Å²) in [4.78, 5) is 23.5. The molecule has 3 aromatic rings. The van der Waals surface area contributed by atoms with Crippen molar-refractivity contribution in [3.63, 3.8) is 0 Å². The van der Waals surface area contributed by atoms with Gasteiger partial charge in [-0.05, 0) is 19.9 Å². The highest BCUT2D eigenvalue weighted by atomic mass is 35.5. The van der Waals surface area contributed by atoms with Crippen LogP contribution in [0.3, 0.4) is 0 Å². The number of aryl methyl sites for hydroxylation is 2.